The van der Waals surface area contributed by atoms with Crippen LogP contribution in [0, 0.1) is 0 Å². The summed E-state index contributed by atoms with van der Waals surface area (Å²) in [5, 5.41) is 5.54. The molecule has 2 aromatic carbocycles. The average molecular weight is 325 g/mol. The third kappa shape index (κ3) is 6.22. The summed E-state index contributed by atoms with van der Waals surface area (Å²) in [6, 6.07) is 18.9. The Hall–Kier alpha value is -2.66. The van der Waals surface area contributed by atoms with Crippen molar-refractivity contribution in [3.05, 3.63) is 71.8 Å². The number of nitrogens with two attached hydrogens (primary N) is 1. The van der Waals surface area contributed by atoms with Crippen LogP contribution in [-0.4, -0.2) is 24.9 Å². The van der Waals surface area contributed by atoms with E-state index in [9.17, 15) is 9.59 Å². The van der Waals surface area contributed by atoms with E-state index in [2.05, 4.69) is 10.6 Å². The van der Waals surface area contributed by atoms with Gasteiger partial charge in [0.1, 0.15) is 0 Å². The first-order valence-electron chi connectivity index (χ1n) is 8.03. The van der Waals surface area contributed by atoms with E-state index in [-0.39, 0.29) is 24.3 Å². The molecule has 0 aliphatic rings. The van der Waals surface area contributed by atoms with Crippen molar-refractivity contribution in [2.24, 2.45) is 5.73 Å². The molecule has 0 radical (unpaired) electrons. The second-order valence-corrected chi connectivity index (χ2v) is 5.58. The van der Waals surface area contributed by atoms with Gasteiger partial charge in [-0.2, -0.15) is 0 Å². The van der Waals surface area contributed by atoms with Crippen molar-refractivity contribution < 1.29 is 9.59 Å². The number of hydrogen-bond donors (Lipinski definition) is 3. The molecule has 0 aromatic heterocycles. The van der Waals surface area contributed by atoms with Crippen molar-refractivity contribution in [3.8, 4) is 0 Å². The van der Waals surface area contributed by atoms with Crippen LogP contribution in [0.1, 0.15) is 23.6 Å². The lowest BCUT2D eigenvalue weighted by atomic mass is 10.1. The summed E-state index contributed by atoms with van der Waals surface area (Å²) < 4.78 is 0. The van der Waals surface area contributed by atoms with Gasteiger partial charge in [0.05, 0.1) is 6.42 Å². The number of benzene rings is 2. The molecule has 0 aliphatic carbocycles. The second-order valence-electron chi connectivity index (χ2n) is 5.58. The van der Waals surface area contributed by atoms with Gasteiger partial charge >= 0.3 is 0 Å². The molecule has 2 aromatic rings. The van der Waals surface area contributed by atoms with E-state index in [1.54, 1.807) is 0 Å². The molecule has 5 nitrogen and oxygen atoms in total. The van der Waals surface area contributed by atoms with Gasteiger partial charge in [-0.3, -0.25) is 9.59 Å². The minimum Gasteiger partial charge on any atom is -0.355 e. The molecular weight excluding hydrogens is 302 g/mol. The molecule has 0 bridgehead atoms. The molecule has 2 rings (SSSR count). The molecule has 2 amide bonds. The molecule has 0 heterocycles. The van der Waals surface area contributed by atoms with Crippen LogP contribution < -0.4 is 16.4 Å². The molecular formula is C19H23N3O2. The van der Waals surface area contributed by atoms with E-state index in [1.807, 2.05) is 60.7 Å². The largest absolute Gasteiger partial charge is 0.355 e. The highest BCUT2D eigenvalue weighted by atomic mass is 16.2. The van der Waals surface area contributed by atoms with Gasteiger partial charge in [0, 0.05) is 25.6 Å². The van der Waals surface area contributed by atoms with Gasteiger partial charge in [0.25, 0.3) is 0 Å². The normalized spacial score (nSPS) is 11.5. The molecule has 0 saturated carbocycles. The Morgan fingerprint density at radius 3 is 2.17 bits per heavy atom. The third-order valence-electron chi connectivity index (χ3n) is 3.63. The van der Waals surface area contributed by atoms with Gasteiger partial charge in [-0.1, -0.05) is 60.7 Å². The predicted octanol–water partition coefficient (Wildman–Crippen LogP) is 1.55. The van der Waals surface area contributed by atoms with Crippen LogP contribution in [0.3, 0.4) is 0 Å². The van der Waals surface area contributed by atoms with Crippen LogP contribution in [0.5, 0.6) is 0 Å². The smallest absolute Gasteiger partial charge is 0.224 e. The SMILES string of the molecule is NC(CNC(=O)CCNC(=O)Cc1ccccc1)c1ccccc1. The van der Waals surface area contributed by atoms with E-state index in [4.69, 9.17) is 5.73 Å². The molecule has 0 spiro atoms. The first kappa shape index (κ1) is 17.7. The lowest BCUT2D eigenvalue weighted by molar-refractivity contribution is -0.122. The van der Waals surface area contributed by atoms with Crippen LogP contribution in [0.25, 0.3) is 0 Å². The van der Waals surface area contributed by atoms with E-state index >= 15 is 0 Å². The standard InChI is InChI=1S/C19H23N3O2/c20-17(16-9-5-2-6-10-16)14-22-18(23)11-12-21-19(24)13-15-7-3-1-4-8-15/h1-10,17H,11-14,20H2,(H,21,24)(H,22,23). The maximum Gasteiger partial charge on any atom is 0.224 e. The molecule has 1 unspecified atom stereocenters. The Kier molecular flexibility index (Phi) is 6.98. The molecule has 0 fully saturated rings. The second kappa shape index (κ2) is 9.47. The van der Waals surface area contributed by atoms with Gasteiger partial charge in [-0.05, 0) is 11.1 Å². The molecule has 24 heavy (non-hydrogen) atoms. The minimum atomic E-state index is -0.233. The average Bonchev–Trinajstić information content (AvgIpc) is 2.61. The summed E-state index contributed by atoms with van der Waals surface area (Å²) in [6.45, 7) is 0.693. The number of amides is 2. The highest BCUT2D eigenvalue weighted by Gasteiger charge is 2.08. The highest BCUT2D eigenvalue weighted by Crippen LogP contribution is 2.07. The zero-order valence-corrected chi connectivity index (χ0v) is 13.6. The molecule has 1 atom stereocenters. The van der Waals surface area contributed by atoms with Crippen LogP contribution in [0.15, 0.2) is 60.7 Å². The van der Waals surface area contributed by atoms with Crippen LogP contribution in [-0.2, 0) is 16.0 Å². The Morgan fingerprint density at radius 2 is 1.50 bits per heavy atom. The number of nitrogens with one attached hydrogen (secondary N) is 2. The van der Waals surface area contributed by atoms with E-state index in [1.165, 1.54) is 0 Å². The summed E-state index contributed by atoms with van der Waals surface area (Å²) in [5.74, 6) is -0.212. The fraction of sp³-hybridized carbons (Fsp3) is 0.263. The zero-order chi connectivity index (χ0) is 17.2. The Balaban J connectivity index is 1.62. The van der Waals surface area contributed by atoms with Crippen LogP contribution in [0.2, 0.25) is 0 Å². The maximum absolute atomic E-state index is 11.8. The van der Waals surface area contributed by atoms with Gasteiger partial charge in [-0.25, -0.2) is 0 Å². The predicted molar refractivity (Wildman–Crippen MR) is 94.2 cm³/mol. The van der Waals surface area contributed by atoms with Crippen molar-refractivity contribution >= 4 is 11.8 Å². The lowest BCUT2D eigenvalue weighted by Crippen LogP contribution is -2.35. The van der Waals surface area contributed by atoms with E-state index < -0.39 is 0 Å². The minimum absolute atomic E-state index is 0.0880. The zero-order valence-electron chi connectivity index (χ0n) is 13.6. The summed E-state index contributed by atoms with van der Waals surface area (Å²) in [4.78, 5) is 23.6. The number of rotatable bonds is 8. The molecule has 0 saturated heterocycles. The van der Waals surface area contributed by atoms with Crippen molar-refractivity contribution in [3.63, 3.8) is 0 Å². The van der Waals surface area contributed by atoms with Crippen molar-refractivity contribution in [2.45, 2.75) is 18.9 Å². The van der Waals surface area contributed by atoms with Crippen LogP contribution in [0.4, 0.5) is 0 Å². The molecule has 0 aliphatic heterocycles. The van der Waals surface area contributed by atoms with Gasteiger partial charge < -0.3 is 16.4 Å². The number of carbonyl (C=O) groups is 2. The number of hydrogen-bond acceptors (Lipinski definition) is 3. The first-order valence-corrected chi connectivity index (χ1v) is 8.03. The van der Waals surface area contributed by atoms with E-state index in [0.717, 1.165) is 11.1 Å². The Labute approximate surface area is 142 Å². The van der Waals surface area contributed by atoms with Gasteiger partial charge in [0.2, 0.25) is 11.8 Å². The topological polar surface area (TPSA) is 84.2 Å². The van der Waals surface area contributed by atoms with Gasteiger partial charge in [-0.15, -0.1) is 0 Å². The summed E-state index contributed by atoms with van der Waals surface area (Å²) in [7, 11) is 0. The maximum atomic E-state index is 11.8. The van der Waals surface area contributed by atoms with E-state index in [0.29, 0.717) is 19.5 Å². The Bertz CT molecular complexity index is 644. The molecule has 4 N–H and O–H groups in total. The first-order chi connectivity index (χ1) is 11.6. The quantitative estimate of drug-likeness (QED) is 0.688. The fourth-order valence-corrected chi connectivity index (χ4v) is 2.29. The van der Waals surface area contributed by atoms with Gasteiger partial charge in [0.15, 0.2) is 0 Å². The lowest BCUT2D eigenvalue weighted by Gasteiger charge is -2.13. The number of carbonyl (C=O) groups excluding carboxylic acids is 2. The monoisotopic (exact) mass is 325 g/mol. The van der Waals surface area contributed by atoms with Crippen molar-refractivity contribution in [2.75, 3.05) is 13.1 Å². The van der Waals surface area contributed by atoms with Crippen LogP contribution >= 0.6 is 0 Å². The van der Waals surface area contributed by atoms with Crippen molar-refractivity contribution in [1.29, 1.82) is 0 Å². The fourth-order valence-electron chi connectivity index (χ4n) is 2.29. The molecule has 5 heteroatoms. The summed E-state index contributed by atoms with van der Waals surface area (Å²) in [6.07, 6.45) is 0.559. The summed E-state index contributed by atoms with van der Waals surface area (Å²) >= 11 is 0. The Morgan fingerprint density at radius 1 is 0.875 bits per heavy atom. The summed E-state index contributed by atoms with van der Waals surface area (Å²) in [5.41, 5.74) is 7.95. The highest BCUT2D eigenvalue weighted by molar-refractivity contribution is 5.80. The third-order valence-corrected chi connectivity index (χ3v) is 3.63. The van der Waals surface area contributed by atoms with Crippen molar-refractivity contribution in [1.82, 2.24) is 10.6 Å². The molecule has 126 valence electrons.